The van der Waals surface area contributed by atoms with Crippen LogP contribution in [0.25, 0.3) is 0 Å². The highest BCUT2D eigenvalue weighted by Crippen LogP contribution is 2.33. The van der Waals surface area contributed by atoms with Crippen molar-refractivity contribution in [3.63, 3.8) is 0 Å². The normalized spacial score (nSPS) is 10.3. The van der Waals surface area contributed by atoms with Crippen molar-refractivity contribution in [3.05, 3.63) is 79.6 Å². The lowest BCUT2D eigenvalue weighted by Gasteiger charge is -2.13. The molecular weight excluding hydrogens is 402 g/mol. The zero-order valence-corrected chi connectivity index (χ0v) is 15.7. The van der Waals surface area contributed by atoms with Crippen LogP contribution in [0.3, 0.4) is 0 Å². The molecule has 12 heteroatoms. The third-order valence-electron chi connectivity index (χ3n) is 3.93. The number of hydrogen-bond acceptors (Lipinski definition) is 9. The number of hydrogen-bond donors (Lipinski definition) is 3. The number of nitrogens with one attached hydrogen (secondary N) is 3. The lowest BCUT2D eigenvalue weighted by molar-refractivity contribution is -0.384. The summed E-state index contributed by atoms with van der Waals surface area (Å²) in [4.78, 5) is 29.1. The van der Waals surface area contributed by atoms with Crippen LogP contribution in [0, 0.1) is 27.2 Å². The van der Waals surface area contributed by atoms with E-state index in [0.717, 1.165) is 6.33 Å². The van der Waals surface area contributed by atoms with Crippen molar-refractivity contribution in [3.8, 4) is 0 Å². The molecule has 1 aromatic heterocycles. The Labute approximate surface area is 169 Å². The van der Waals surface area contributed by atoms with Gasteiger partial charge in [0.25, 0.3) is 5.69 Å². The van der Waals surface area contributed by atoms with Gasteiger partial charge in [-0.05, 0) is 36.8 Å². The molecule has 0 spiro atoms. The van der Waals surface area contributed by atoms with Crippen LogP contribution in [0.1, 0.15) is 5.56 Å². The van der Waals surface area contributed by atoms with E-state index in [4.69, 9.17) is 11.6 Å². The van der Waals surface area contributed by atoms with Crippen molar-refractivity contribution in [1.82, 2.24) is 9.97 Å². The first-order chi connectivity index (χ1) is 13.9. The van der Waals surface area contributed by atoms with Crippen molar-refractivity contribution >= 4 is 46.0 Å². The molecule has 1 heterocycles. The average molecular weight is 416 g/mol. The molecule has 0 aliphatic heterocycles. The number of nitro groups is 2. The molecule has 0 amide bonds. The molecule has 0 aliphatic carbocycles. The third kappa shape index (κ3) is 4.47. The van der Waals surface area contributed by atoms with Gasteiger partial charge in [0.05, 0.1) is 15.5 Å². The first-order valence-corrected chi connectivity index (χ1v) is 8.52. The van der Waals surface area contributed by atoms with E-state index in [1.54, 1.807) is 25.1 Å². The Balaban J connectivity index is 1.85. The number of benzene rings is 2. The van der Waals surface area contributed by atoms with E-state index < -0.39 is 9.85 Å². The SMILES string of the molecule is Cc1c(Cl)cccc1Nc1ncnc(NNc2ccc([N+](=O)[O-])cc2)c1[N+](=O)[O-]. The van der Waals surface area contributed by atoms with Gasteiger partial charge in [-0.2, -0.15) is 0 Å². The van der Waals surface area contributed by atoms with Crippen LogP contribution < -0.4 is 16.2 Å². The number of nitro benzene ring substituents is 1. The van der Waals surface area contributed by atoms with Gasteiger partial charge < -0.3 is 5.32 Å². The second-order valence-electron chi connectivity index (χ2n) is 5.77. The number of halogens is 1. The maximum Gasteiger partial charge on any atom is 0.355 e. The van der Waals surface area contributed by atoms with Crippen LogP contribution >= 0.6 is 11.6 Å². The van der Waals surface area contributed by atoms with Crippen molar-refractivity contribution < 1.29 is 9.85 Å². The molecule has 0 unspecified atom stereocenters. The second kappa shape index (κ2) is 8.35. The number of nitrogens with zero attached hydrogens (tertiary/aromatic N) is 4. The van der Waals surface area contributed by atoms with Crippen LogP contribution in [0.2, 0.25) is 5.02 Å². The van der Waals surface area contributed by atoms with Crippen LogP contribution in [0.4, 0.5) is 34.4 Å². The van der Waals surface area contributed by atoms with E-state index in [-0.39, 0.29) is 23.0 Å². The fraction of sp³-hybridized carbons (Fsp3) is 0.0588. The summed E-state index contributed by atoms with van der Waals surface area (Å²) >= 11 is 6.09. The number of hydrazine groups is 1. The van der Waals surface area contributed by atoms with Gasteiger partial charge in [-0.15, -0.1) is 0 Å². The minimum absolute atomic E-state index is 0.0247. The number of aromatic nitrogens is 2. The van der Waals surface area contributed by atoms with Crippen LogP contribution in [0.5, 0.6) is 0 Å². The lowest BCUT2D eigenvalue weighted by Crippen LogP contribution is -2.13. The van der Waals surface area contributed by atoms with Crippen molar-refractivity contribution in [2.45, 2.75) is 6.92 Å². The van der Waals surface area contributed by atoms with E-state index in [0.29, 0.717) is 22.0 Å². The maximum absolute atomic E-state index is 11.6. The van der Waals surface area contributed by atoms with Gasteiger partial charge >= 0.3 is 5.69 Å². The fourth-order valence-electron chi connectivity index (χ4n) is 2.40. The van der Waals surface area contributed by atoms with E-state index in [9.17, 15) is 20.2 Å². The Kier molecular flexibility index (Phi) is 5.69. The third-order valence-corrected chi connectivity index (χ3v) is 4.34. The highest BCUT2D eigenvalue weighted by Gasteiger charge is 2.23. The van der Waals surface area contributed by atoms with Crippen LogP contribution in [0.15, 0.2) is 48.8 Å². The Hall–Kier alpha value is -3.99. The Morgan fingerprint density at radius 2 is 1.62 bits per heavy atom. The molecule has 0 saturated heterocycles. The summed E-state index contributed by atoms with van der Waals surface area (Å²) in [6.45, 7) is 1.77. The van der Waals surface area contributed by atoms with Gasteiger partial charge in [-0.25, -0.2) is 9.97 Å². The van der Waals surface area contributed by atoms with Crippen LogP contribution in [-0.4, -0.2) is 19.8 Å². The Morgan fingerprint density at radius 1 is 0.931 bits per heavy atom. The zero-order chi connectivity index (χ0) is 21.0. The summed E-state index contributed by atoms with van der Waals surface area (Å²) in [6.07, 6.45) is 1.16. The van der Waals surface area contributed by atoms with Gasteiger partial charge in [0.2, 0.25) is 11.6 Å². The molecule has 148 valence electrons. The van der Waals surface area contributed by atoms with Gasteiger partial charge in [0, 0.05) is 22.8 Å². The van der Waals surface area contributed by atoms with Gasteiger partial charge in [0.1, 0.15) is 6.33 Å². The van der Waals surface area contributed by atoms with Gasteiger partial charge in [0.15, 0.2) is 0 Å². The predicted molar refractivity (Wildman–Crippen MR) is 108 cm³/mol. The molecule has 0 bridgehead atoms. The molecule has 0 radical (unpaired) electrons. The van der Waals surface area contributed by atoms with Gasteiger partial charge in [-0.1, -0.05) is 17.7 Å². The Bertz CT molecular complexity index is 1080. The highest BCUT2D eigenvalue weighted by atomic mass is 35.5. The quantitative estimate of drug-likeness (QED) is 0.376. The van der Waals surface area contributed by atoms with Crippen molar-refractivity contribution in [2.24, 2.45) is 0 Å². The first kappa shape index (κ1) is 19.8. The highest BCUT2D eigenvalue weighted by molar-refractivity contribution is 6.31. The maximum atomic E-state index is 11.6. The molecule has 11 nitrogen and oxygen atoms in total. The largest absolute Gasteiger partial charge is 0.355 e. The molecule has 0 aliphatic rings. The zero-order valence-electron chi connectivity index (χ0n) is 14.9. The first-order valence-electron chi connectivity index (χ1n) is 8.15. The van der Waals surface area contributed by atoms with E-state index in [2.05, 4.69) is 26.1 Å². The standard InChI is InChI=1S/C17H14ClN7O4/c1-10-13(18)3-2-4-14(10)21-16-15(25(28)29)17(20-9-19-16)23-22-11-5-7-12(8-6-11)24(26)27/h2-9,22H,1H3,(H2,19,20,21,23). The fourth-order valence-corrected chi connectivity index (χ4v) is 2.58. The number of rotatable bonds is 7. The number of anilines is 4. The Morgan fingerprint density at radius 3 is 2.28 bits per heavy atom. The minimum atomic E-state index is -0.623. The smallest absolute Gasteiger partial charge is 0.334 e. The molecule has 3 aromatic rings. The minimum Gasteiger partial charge on any atom is -0.334 e. The summed E-state index contributed by atoms with van der Waals surface area (Å²) in [5.41, 5.74) is 6.61. The molecule has 29 heavy (non-hydrogen) atoms. The molecule has 3 rings (SSSR count). The van der Waals surface area contributed by atoms with E-state index in [1.165, 1.54) is 24.3 Å². The van der Waals surface area contributed by atoms with E-state index in [1.807, 2.05) is 0 Å². The second-order valence-corrected chi connectivity index (χ2v) is 6.18. The average Bonchev–Trinajstić information content (AvgIpc) is 2.70. The summed E-state index contributed by atoms with van der Waals surface area (Å²) in [7, 11) is 0. The molecular formula is C17H14ClN7O4. The topological polar surface area (TPSA) is 148 Å². The van der Waals surface area contributed by atoms with Gasteiger partial charge in [-0.3, -0.25) is 31.1 Å². The predicted octanol–water partition coefficient (Wildman–Crippen LogP) is 4.44. The monoisotopic (exact) mass is 415 g/mol. The van der Waals surface area contributed by atoms with Crippen LogP contribution in [-0.2, 0) is 0 Å². The summed E-state index contributed by atoms with van der Waals surface area (Å²) < 4.78 is 0. The molecule has 0 saturated carbocycles. The van der Waals surface area contributed by atoms with Crippen molar-refractivity contribution in [1.29, 1.82) is 0 Å². The number of non-ortho nitro benzene ring substituents is 1. The molecule has 2 aromatic carbocycles. The summed E-state index contributed by atoms with van der Waals surface area (Å²) in [6, 6.07) is 10.6. The summed E-state index contributed by atoms with van der Waals surface area (Å²) in [5.74, 6) is -0.117. The molecule has 3 N–H and O–H groups in total. The lowest BCUT2D eigenvalue weighted by atomic mass is 10.2. The van der Waals surface area contributed by atoms with Crippen molar-refractivity contribution in [2.75, 3.05) is 16.2 Å². The summed E-state index contributed by atoms with van der Waals surface area (Å²) in [5, 5.41) is 25.7. The molecule has 0 atom stereocenters. The molecule has 0 fully saturated rings. The van der Waals surface area contributed by atoms with E-state index >= 15 is 0 Å².